The first-order valence-electron chi connectivity index (χ1n) is 6.24. The summed E-state index contributed by atoms with van der Waals surface area (Å²) in [6, 6.07) is 6.48. The van der Waals surface area contributed by atoms with Crippen LogP contribution in [0, 0.1) is 12.8 Å². The third kappa shape index (κ3) is 4.02. The van der Waals surface area contributed by atoms with Crippen molar-refractivity contribution < 1.29 is 4.79 Å². The number of nitrogens with one attached hydrogen (secondary N) is 1. The molecule has 0 radical (unpaired) electrons. The third-order valence-corrected chi connectivity index (χ3v) is 4.88. The first-order valence-corrected chi connectivity index (χ1v) is 8.02. The van der Waals surface area contributed by atoms with Gasteiger partial charge in [-0.2, -0.15) is 0 Å². The van der Waals surface area contributed by atoms with E-state index in [0.717, 1.165) is 4.47 Å². The number of thioether (sulfide) groups is 1. The number of amides is 1. The minimum atomic E-state index is 0.140. The number of carbonyl (C=O) groups excluding carboxylic acids is 1. The van der Waals surface area contributed by atoms with E-state index in [2.05, 4.69) is 47.2 Å². The standard InChI is InChI=1S/C14H18BrNOS/c1-9-7-12(15)5-6-13(9)18-8-14(17)16-10(2)11-3-4-11/h5-7,10-11H,3-4,8H2,1-2H3,(H,16,17). The molecule has 1 unspecified atom stereocenters. The molecule has 1 amide bonds. The fraction of sp³-hybridized carbons (Fsp3) is 0.500. The molecule has 1 N–H and O–H groups in total. The molecule has 2 nitrogen and oxygen atoms in total. The van der Waals surface area contributed by atoms with E-state index in [0.29, 0.717) is 17.7 Å². The lowest BCUT2D eigenvalue weighted by Crippen LogP contribution is -2.35. The predicted octanol–water partition coefficient (Wildman–Crippen LogP) is 3.76. The molecule has 1 aliphatic carbocycles. The van der Waals surface area contributed by atoms with E-state index in [1.807, 2.05) is 6.07 Å². The number of carbonyl (C=O) groups is 1. The third-order valence-electron chi connectivity index (χ3n) is 3.21. The van der Waals surface area contributed by atoms with Crippen LogP contribution in [-0.2, 0) is 4.79 Å². The second-order valence-corrected chi connectivity index (χ2v) is 6.82. The summed E-state index contributed by atoms with van der Waals surface area (Å²) in [7, 11) is 0. The van der Waals surface area contributed by atoms with Crippen LogP contribution < -0.4 is 5.32 Å². The lowest BCUT2D eigenvalue weighted by molar-refractivity contribution is -0.119. The van der Waals surface area contributed by atoms with Crippen molar-refractivity contribution in [2.45, 2.75) is 37.6 Å². The molecule has 0 heterocycles. The molecule has 0 bridgehead atoms. The molecule has 1 saturated carbocycles. The van der Waals surface area contributed by atoms with E-state index >= 15 is 0 Å². The van der Waals surface area contributed by atoms with E-state index in [9.17, 15) is 4.79 Å². The quantitative estimate of drug-likeness (QED) is 0.834. The summed E-state index contributed by atoms with van der Waals surface area (Å²) >= 11 is 5.05. The van der Waals surface area contributed by atoms with Crippen molar-refractivity contribution in [2.75, 3.05) is 5.75 Å². The summed E-state index contributed by atoms with van der Waals surface area (Å²) in [4.78, 5) is 13.0. The van der Waals surface area contributed by atoms with Crippen molar-refractivity contribution >= 4 is 33.6 Å². The molecule has 4 heteroatoms. The molecule has 18 heavy (non-hydrogen) atoms. The van der Waals surface area contributed by atoms with Crippen LogP contribution in [0.2, 0.25) is 0 Å². The van der Waals surface area contributed by atoms with Crippen molar-refractivity contribution in [1.29, 1.82) is 0 Å². The average Bonchev–Trinajstić information content (AvgIpc) is 3.11. The Labute approximate surface area is 121 Å². The van der Waals surface area contributed by atoms with Gasteiger partial charge in [-0.1, -0.05) is 15.9 Å². The van der Waals surface area contributed by atoms with Gasteiger partial charge in [0.2, 0.25) is 5.91 Å². The van der Waals surface area contributed by atoms with Crippen molar-refractivity contribution in [3.63, 3.8) is 0 Å². The van der Waals surface area contributed by atoms with Gasteiger partial charge in [0.05, 0.1) is 5.75 Å². The van der Waals surface area contributed by atoms with Crippen molar-refractivity contribution in [1.82, 2.24) is 5.32 Å². The number of rotatable bonds is 5. The number of hydrogen-bond donors (Lipinski definition) is 1. The summed E-state index contributed by atoms with van der Waals surface area (Å²) in [6.07, 6.45) is 2.53. The van der Waals surface area contributed by atoms with Crippen molar-refractivity contribution in [3.05, 3.63) is 28.2 Å². The highest BCUT2D eigenvalue weighted by atomic mass is 79.9. The van der Waals surface area contributed by atoms with E-state index in [-0.39, 0.29) is 5.91 Å². The number of hydrogen-bond acceptors (Lipinski definition) is 2. The van der Waals surface area contributed by atoms with Gasteiger partial charge in [0.25, 0.3) is 0 Å². The number of halogens is 1. The van der Waals surface area contributed by atoms with E-state index in [4.69, 9.17) is 0 Å². The van der Waals surface area contributed by atoms with Gasteiger partial charge >= 0.3 is 0 Å². The van der Waals surface area contributed by atoms with Crippen LogP contribution in [0.5, 0.6) is 0 Å². The zero-order valence-corrected chi connectivity index (χ0v) is 13.1. The first kappa shape index (κ1) is 13.9. The molecule has 1 aromatic rings. The van der Waals surface area contributed by atoms with Gasteiger partial charge in [-0.15, -0.1) is 11.8 Å². The summed E-state index contributed by atoms with van der Waals surface area (Å²) in [6.45, 7) is 4.17. The highest BCUT2D eigenvalue weighted by Gasteiger charge is 2.28. The smallest absolute Gasteiger partial charge is 0.230 e. The Morgan fingerprint density at radius 2 is 2.28 bits per heavy atom. The highest BCUT2D eigenvalue weighted by Crippen LogP contribution is 2.32. The maximum absolute atomic E-state index is 11.8. The van der Waals surface area contributed by atoms with E-state index in [1.54, 1.807) is 11.8 Å². The Morgan fingerprint density at radius 3 is 2.89 bits per heavy atom. The van der Waals surface area contributed by atoms with Gasteiger partial charge in [0.1, 0.15) is 0 Å². The van der Waals surface area contributed by atoms with E-state index in [1.165, 1.54) is 23.3 Å². The Hall–Kier alpha value is -0.480. The van der Waals surface area contributed by atoms with Gasteiger partial charge in [0.15, 0.2) is 0 Å². The fourth-order valence-electron chi connectivity index (χ4n) is 1.93. The van der Waals surface area contributed by atoms with Crippen LogP contribution in [-0.4, -0.2) is 17.7 Å². The summed E-state index contributed by atoms with van der Waals surface area (Å²) in [5, 5.41) is 3.07. The molecular weight excluding hydrogens is 310 g/mol. The Balaban J connectivity index is 1.81. The Morgan fingerprint density at radius 1 is 1.56 bits per heavy atom. The SMILES string of the molecule is Cc1cc(Br)ccc1SCC(=O)NC(C)C1CC1. The van der Waals surface area contributed by atoms with Crippen LogP contribution in [0.15, 0.2) is 27.6 Å². The summed E-state index contributed by atoms with van der Waals surface area (Å²) in [5.41, 5.74) is 1.21. The summed E-state index contributed by atoms with van der Waals surface area (Å²) < 4.78 is 1.08. The fourth-order valence-corrected chi connectivity index (χ4v) is 3.22. The first-order chi connectivity index (χ1) is 8.56. The maximum Gasteiger partial charge on any atom is 0.230 e. The van der Waals surface area contributed by atoms with Crippen LogP contribution in [0.4, 0.5) is 0 Å². The highest BCUT2D eigenvalue weighted by molar-refractivity contribution is 9.10. The normalized spacial score (nSPS) is 16.4. The molecule has 0 aliphatic heterocycles. The molecule has 0 spiro atoms. The lowest BCUT2D eigenvalue weighted by atomic mass is 10.2. The average molecular weight is 328 g/mol. The topological polar surface area (TPSA) is 29.1 Å². The number of benzene rings is 1. The molecule has 1 aromatic carbocycles. The minimum absolute atomic E-state index is 0.140. The van der Waals surface area contributed by atoms with E-state index < -0.39 is 0 Å². The molecular formula is C14H18BrNOS. The van der Waals surface area contributed by atoms with Crippen LogP contribution in [0.3, 0.4) is 0 Å². The largest absolute Gasteiger partial charge is 0.353 e. The molecule has 0 aromatic heterocycles. The zero-order valence-electron chi connectivity index (χ0n) is 10.7. The minimum Gasteiger partial charge on any atom is -0.353 e. The van der Waals surface area contributed by atoms with Crippen LogP contribution in [0.25, 0.3) is 0 Å². The number of aryl methyl sites for hydroxylation is 1. The van der Waals surface area contributed by atoms with Gasteiger partial charge in [0, 0.05) is 15.4 Å². The lowest BCUT2D eigenvalue weighted by Gasteiger charge is -2.12. The van der Waals surface area contributed by atoms with Crippen molar-refractivity contribution in [3.8, 4) is 0 Å². The van der Waals surface area contributed by atoms with Gasteiger partial charge in [-0.05, 0) is 56.4 Å². The molecule has 98 valence electrons. The van der Waals surface area contributed by atoms with Crippen LogP contribution in [0.1, 0.15) is 25.3 Å². The monoisotopic (exact) mass is 327 g/mol. The maximum atomic E-state index is 11.8. The van der Waals surface area contributed by atoms with Gasteiger partial charge in [-0.25, -0.2) is 0 Å². The Bertz CT molecular complexity index is 445. The predicted molar refractivity (Wildman–Crippen MR) is 79.9 cm³/mol. The summed E-state index contributed by atoms with van der Waals surface area (Å²) in [5.74, 6) is 1.36. The second kappa shape index (κ2) is 6.11. The van der Waals surface area contributed by atoms with Crippen LogP contribution >= 0.6 is 27.7 Å². The van der Waals surface area contributed by atoms with Gasteiger partial charge < -0.3 is 5.32 Å². The molecule has 1 aliphatic rings. The molecule has 1 atom stereocenters. The molecule has 1 fully saturated rings. The van der Waals surface area contributed by atoms with Crippen molar-refractivity contribution in [2.24, 2.45) is 5.92 Å². The Kier molecular flexibility index (Phi) is 4.73. The zero-order chi connectivity index (χ0) is 13.1. The molecule has 2 rings (SSSR count). The second-order valence-electron chi connectivity index (χ2n) is 4.89. The molecule has 0 saturated heterocycles. The van der Waals surface area contributed by atoms with Gasteiger partial charge in [-0.3, -0.25) is 4.79 Å².